The summed E-state index contributed by atoms with van der Waals surface area (Å²) in [7, 11) is 1.64. The van der Waals surface area contributed by atoms with Gasteiger partial charge in [0.25, 0.3) is 5.91 Å². The van der Waals surface area contributed by atoms with E-state index in [1.165, 1.54) is 0 Å². The Kier molecular flexibility index (Phi) is 4.08. The molecule has 3 aromatic rings. The number of carbonyl (C=O) groups is 1. The van der Waals surface area contributed by atoms with Crippen LogP contribution in [0, 0.1) is 0 Å². The van der Waals surface area contributed by atoms with Crippen LogP contribution in [0.5, 0.6) is 5.75 Å². The van der Waals surface area contributed by atoms with Crippen LogP contribution in [0.25, 0.3) is 11.3 Å². The first-order valence-electron chi connectivity index (χ1n) is 8.57. The average molecular weight is 348 g/mol. The van der Waals surface area contributed by atoms with Crippen molar-refractivity contribution in [1.82, 2.24) is 15.5 Å². The summed E-state index contributed by atoms with van der Waals surface area (Å²) in [5.74, 6) is 0.720. The molecule has 1 unspecified atom stereocenters. The predicted octanol–water partition coefficient (Wildman–Crippen LogP) is 3.35. The summed E-state index contributed by atoms with van der Waals surface area (Å²) in [6, 6.07) is 15.4. The van der Waals surface area contributed by atoms with Crippen molar-refractivity contribution in [2.45, 2.75) is 13.1 Å². The van der Waals surface area contributed by atoms with Gasteiger partial charge in [0.05, 0.1) is 24.1 Å². The maximum Gasteiger partial charge on any atom is 0.255 e. The Morgan fingerprint density at radius 2 is 1.92 bits per heavy atom. The van der Waals surface area contributed by atoms with Gasteiger partial charge in [-0.15, -0.1) is 0 Å². The molecule has 0 radical (unpaired) electrons. The number of anilines is 1. The lowest BCUT2D eigenvalue weighted by Gasteiger charge is -2.38. The van der Waals surface area contributed by atoms with E-state index < -0.39 is 0 Å². The fourth-order valence-electron chi connectivity index (χ4n) is 3.42. The lowest BCUT2D eigenvalue weighted by molar-refractivity contribution is 0.0927. The van der Waals surface area contributed by atoms with Gasteiger partial charge in [0.1, 0.15) is 11.9 Å². The Morgan fingerprint density at radius 1 is 1.15 bits per heavy atom. The molecule has 26 heavy (non-hydrogen) atoms. The molecule has 1 aliphatic heterocycles. The molecular weight excluding hydrogens is 328 g/mol. The number of carbonyl (C=O) groups excluding carboxylic acids is 1. The van der Waals surface area contributed by atoms with E-state index >= 15 is 0 Å². The van der Waals surface area contributed by atoms with Crippen molar-refractivity contribution in [3.63, 3.8) is 0 Å². The summed E-state index contributed by atoms with van der Waals surface area (Å²) >= 11 is 0. The van der Waals surface area contributed by atoms with E-state index in [1.54, 1.807) is 7.11 Å². The minimum Gasteiger partial charge on any atom is -0.497 e. The summed E-state index contributed by atoms with van der Waals surface area (Å²) in [6.07, 6.45) is 1.57. The van der Waals surface area contributed by atoms with Crippen LogP contribution in [0.4, 0.5) is 5.69 Å². The van der Waals surface area contributed by atoms with Crippen LogP contribution in [0.3, 0.4) is 0 Å². The number of benzene rings is 2. The third-order valence-electron chi connectivity index (χ3n) is 4.71. The van der Waals surface area contributed by atoms with Crippen molar-refractivity contribution in [1.29, 1.82) is 0 Å². The number of amides is 1. The first-order chi connectivity index (χ1) is 12.7. The maximum absolute atomic E-state index is 12.6. The molecule has 6 nitrogen and oxygen atoms in total. The number of aromatic amines is 1. The molecule has 1 aromatic heterocycles. The van der Waals surface area contributed by atoms with E-state index in [1.807, 2.05) is 54.7 Å². The average Bonchev–Trinajstić information content (AvgIpc) is 3.17. The number of hydrogen-bond acceptors (Lipinski definition) is 4. The van der Waals surface area contributed by atoms with Gasteiger partial charge in [-0.3, -0.25) is 9.89 Å². The molecule has 2 heterocycles. The lowest BCUT2D eigenvalue weighted by Crippen LogP contribution is -2.46. The van der Waals surface area contributed by atoms with Crippen LogP contribution < -0.4 is 15.0 Å². The molecule has 1 amide bonds. The number of rotatable bonds is 4. The molecule has 0 saturated heterocycles. The van der Waals surface area contributed by atoms with Gasteiger partial charge in [0, 0.05) is 23.9 Å². The summed E-state index contributed by atoms with van der Waals surface area (Å²) in [5, 5.41) is 10.5. The Morgan fingerprint density at radius 3 is 2.65 bits per heavy atom. The number of H-pyrrole nitrogens is 1. The number of ether oxygens (including phenoxy) is 1. The van der Waals surface area contributed by atoms with Crippen molar-refractivity contribution in [3.8, 4) is 17.0 Å². The molecule has 4 rings (SSSR count). The number of para-hydroxylation sites is 1. The molecular formula is C20H20N4O2. The van der Waals surface area contributed by atoms with Gasteiger partial charge < -0.3 is 15.0 Å². The quantitative estimate of drug-likeness (QED) is 0.758. The highest BCUT2D eigenvalue weighted by molar-refractivity contribution is 6.02. The molecule has 2 N–H and O–H groups in total. The van der Waals surface area contributed by atoms with Crippen LogP contribution in [-0.2, 0) is 0 Å². The molecule has 1 atom stereocenters. The Labute approximate surface area is 151 Å². The van der Waals surface area contributed by atoms with Crippen LogP contribution in [-0.4, -0.2) is 29.8 Å². The van der Waals surface area contributed by atoms with E-state index in [-0.39, 0.29) is 12.1 Å². The second kappa shape index (κ2) is 6.55. The standard InChI is InChI=1S/C20H20N4O2/c1-3-24-17-7-5-4-6-15(17)20(25)22-19(24)16-12-21-23-18(16)13-8-10-14(26-2)11-9-13/h4-12,19H,3H2,1-2H3,(H,21,23)(H,22,25). The Balaban J connectivity index is 1.76. The smallest absolute Gasteiger partial charge is 0.255 e. The Hall–Kier alpha value is -3.28. The largest absolute Gasteiger partial charge is 0.497 e. The zero-order chi connectivity index (χ0) is 18.1. The van der Waals surface area contributed by atoms with Gasteiger partial charge in [0.2, 0.25) is 0 Å². The lowest BCUT2D eigenvalue weighted by atomic mass is 10.0. The molecule has 0 bridgehead atoms. The van der Waals surface area contributed by atoms with Gasteiger partial charge in [-0.25, -0.2) is 0 Å². The fourth-order valence-corrected chi connectivity index (χ4v) is 3.42. The van der Waals surface area contributed by atoms with E-state index in [0.29, 0.717) is 5.56 Å². The number of nitrogens with zero attached hydrogens (tertiary/aromatic N) is 2. The summed E-state index contributed by atoms with van der Waals surface area (Å²) < 4.78 is 5.23. The second-order valence-corrected chi connectivity index (χ2v) is 6.10. The summed E-state index contributed by atoms with van der Waals surface area (Å²) in [5.41, 5.74) is 4.34. The zero-order valence-corrected chi connectivity index (χ0v) is 14.7. The van der Waals surface area contributed by atoms with Gasteiger partial charge in [-0.1, -0.05) is 12.1 Å². The molecule has 0 saturated carbocycles. The van der Waals surface area contributed by atoms with Crippen molar-refractivity contribution in [3.05, 3.63) is 65.9 Å². The third-order valence-corrected chi connectivity index (χ3v) is 4.71. The Bertz CT molecular complexity index is 933. The summed E-state index contributed by atoms with van der Waals surface area (Å²) in [4.78, 5) is 14.8. The van der Waals surface area contributed by atoms with Crippen molar-refractivity contribution < 1.29 is 9.53 Å². The highest BCUT2D eigenvalue weighted by Crippen LogP contribution is 2.36. The number of fused-ring (bicyclic) bond motifs is 1. The molecule has 0 aliphatic carbocycles. The molecule has 132 valence electrons. The van der Waals surface area contributed by atoms with Crippen molar-refractivity contribution in [2.75, 3.05) is 18.6 Å². The number of methoxy groups -OCH3 is 1. The second-order valence-electron chi connectivity index (χ2n) is 6.10. The predicted molar refractivity (Wildman–Crippen MR) is 100 cm³/mol. The normalized spacial score (nSPS) is 16.2. The van der Waals surface area contributed by atoms with Crippen molar-refractivity contribution >= 4 is 11.6 Å². The SMILES string of the molecule is CCN1c2ccccc2C(=O)NC1c1c[nH]nc1-c1ccc(OC)cc1. The summed E-state index contributed by atoms with van der Waals surface area (Å²) in [6.45, 7) is 2.84. The number of nitrogens with one attached hydrogen (secondary N) is 2. The highest BCUT2D eigenvalue weighted by Gasteiger charge is 2.32. The van der Waals surface area contributed by atoms with E-state index in [0.717, 1.165) is 34.8 Å². The van der Waals surface area contributed by atoms with E-state index in [9.17, 15) is 4.79 Å². The first-order valence-corrected chi connectivity index (χ1v) is 8.57. The third kappa shape index (κ3) is 2.60. The van der Waals surface area contributed by atoms with E-state index in [2.05, 4.69) is 27.3 Å². The van der Waals surface area contributed by atoms with Gasteiger partial charge in [-0.2, -0.15) is 5.10 Å². The molecule has 0 fully saturated rings. The van der Waals surface area contributed by atoms with E-state index in [4.69, 9.17) is 4.74 Å². The van der Waals surface area contributed by atoms with Crippen LogP contribution in [0.2, 0.25) is 0 Å². The minimum absolute atomic E-state index is 0.0721. The number of aromatic nitrogens is 2. The maximum atomic E-state index is 12.6. The number of hydrogen-bond donors (Lipinski definition) is 2. The highest BCUT2D eigenvalue weighted by atomic mass is 16.5. The van der Waals surface area contributed by atoms with Gasteiger partial charge >= 0.3 is 0 Å². The van der Waals surface area contributed by atoms with Crippen LogP contribution >= 0.6 is 0 Å². The van der Waals surface area contributed by atoms with Gasteiger partial charge in [0.15, 0.2) is 0 Å². The van der Waals surface area contributed by atoms with Gasteiger partial charge in [-0.05, 0) is 43.3 Å². The molecule has 1 aliphatic rings. The minimum atomic E-state index is -0.279. The fraction of sp³-hybridized carbons (Fsp3) is 0.200. The van der Waals surface area contributed by atoms with Crippen LogP contribution in [0.15, 0.2) is 54.7 Å². The molecule has 0 spiro atoms. The zero-order valence-electron chi connectivity index (χ0n) is 14.7. The van der Waals surface area contributed by atoms with Crippen molar-refractivity contribution in [2.24, 2.45) is 0 Å². The molecule has 2 aromatic carbocycles. The monoisotopic (exact) mass is 348 g/mol. The first kappa shape index (κ1) is 16.2. The molecule has 6 heteroatoms. The van der Waals surface area contributed by atoms with Crippen LogP contribution in [0.1, 0.15) is 29.0 Å². The topological polar surface area (TPSA) is 70.2 Å².